The molecule has 1 saturated carbocycles. The number of aliphatic hydroxyl groups excluding tert-OH is 2. The monoisotopic (exact) mass is 362 g/mol. The molecule has 0 radical (unpaired) electrons. The molecule has 1 fully saturated rings. The highest BCUT2D eigenvalue weighted by molar-refractivity contribution is 5.90. The molecule has 1 aromatic heterocycles. The van der Waals surface area contributed by atoms with E-state index in [9.17, 15) is 15.0 Å². The van der Waals surface area contributed by atoms with Gasteiger partial charge < -0.3 is 30.1 Å². The molecule has 26 heavy (non-hydrogen) atoms. The van der Waals surface area contributed by atoms with Crippen LogP contribution in [0.3, 0.4) is 0 Å². The van der Waals surface area contributed by atoms with Gasteiger partial charge in [-0.25, -0.2) is 4.79 Å². The zero-order chi connectivity index (χ0) is 18.7. The van der Waals surface area contributed by atoms with Crippen molar-refractivity contribution in [2.24, 2.45) is 5.92 Å². The second-order valence-corrected chi connectivity index (χ2v) is 6.36. The number of aryl methyl sites for hydroxylation is 1. The predicted molar refractivity (Wildman–Crippen MR) is 92.4 cm³/mol. The summed E-state index contributed by atoms with van der Waals surface area (Å²) in [7, 11) is 1.53. The van der Waals surface area contributed by atoms with Crippen molar-refractivity contribution in [3.05, 3.63) is 30.2 Å². The lowest BCUT2D eigenvalue weighted by atomic mass is 10.1. The van der Waals surface area contributed by atoms with E-state index in [2.05, 4.69) is 20.8 Å². The van der Waals surface area contributed by atoms with Crippen LogP contribution >= 0.6 is 0 Å². The van der Waals surface area contributed by atoms with Gasteiger partial charge in [-0.05, 0) is 18.6 Å². The first kappa shape index (κ1) is 18.3. The second kappa shape index (κ2) is 7.81. The van der Waals surface area contributed by atoms with Gasteiger partial charge in [-0.3, -0.25) is 0 Å². The van der Waals surface area contributed by atoms with Crippen LogP contribution in [0.25, 0.3) is 11.4 Å². The molecule has 4 N–H and O–H groups in total. The number of hydrogen-bond acceptors (Lipinski definition) is 7. The second-order valence-electron chi connectivity index (χ2n) is 6.36. The number of aliphatic hydroxyl groups is 2. The molecule has 9 heteroatoms. The molecule has 3 rings (SSSR count). The molecule has 4 atom stereocenters. The fraction of sp³-hybridized carbons (Fsp3) is 0.471. The van der Waals surface area contributed by atoms with Crippen molar-refractivity contribution >= 4 is 11.7 Å². The van der Waals surface area contributed by atoms with Crippen LogP contribution in [0.4, 0.5) is 10.5 Å². The van der Waals surface area contributed by atoms with Crippen LogP contribution in [-0.4, -0.2) is 58.4 Å². The van der Waals surface area contributed by atoms with Crippen molar-refractivity contribution in [1.29, 1.82) is 0 Å². The van der Waals surface area contributed by atoms with Gasteiger partial charge in [0.1, 0.15) is 6.10 Å². The molecule has 0 unspecified atom stereocenters. The largest absolute Gasteiger partial charge is 0.390 e. The number of amides is 2. The van der Waals surface area contributed by atoms with Crippen LogP contribution in [0.5, 0.6) is 0 Å². The Balaban J connectivity index is 1.62. The number of hydrogen-bond donors (Lipinski definition) is 4. The molecule has 1 aliphatic rings. The lowest BCUT2D eigenvalue weighted by molar-refractivity contribution is -0.00487. The quantitative estimate of drug-likeness (QED) is 0.622. The van der Waals surface area contributed by atoms with Gasteiger partial charge in [-0.1, -0.05) is 17.3 Å². The molecule has 9 nitrogen and oxygen atoms in total. The standard InChI is InChI=1S/C17H22N4O5/c1-9-18-16(21-26-9)10-4-3-5-12(6-10)19-17(24)20-13-7-11(8-25-2)14(22)15(13)23/h3-6,11,13-15,22-23H,7-8H2,1-2H3,(H2,19,20,24)/t11-,13-,14-,15+/m1/s1. The maximum Gasteiger partial charge on any atom is 0.319 e. The van der Waals surface area contributed by atoms with Crippen LogP contribution < -0.4 is 10.6 Å². The number of aromatic nitrogens is 2. The number of nitrogens with zero attached hydrogens (tertiary/aromatic N) is 2. The van der Waals surface area contributed by atoms with Crippen LogP contribution in [0.2, 0.25) is 0 Å². The first-order chi connectivity index (χ1) is 12.5. The Labute approximate surface area is 150 Å². The molecule has 1 aromatic carbocycles. The molecule has 2 aromatic rings. The van der Waals surface area contributed by atoms with E-state index in [1.807, 2.05) is 0 Å². The van der Waals surface area contributed by atoms with Gasteiger partial charge in [-0.15, -0.1) is 0 Å². The Kier molecular flexibility index (Phi) is 5.50. The Morgan fingerprint density at radius 2 is 2.19 bits per heavy atom. The number of methoxy groups -OCH3 is 1. The number of nitrogens with one attached hydrogen (secondary N) is 2. The molecule has 2 amide bonds. The van der Waals surface area contributed by atoms with E-state index in [-0.39, 0.29) is 5.92 Å². The Bertz CT molecular complexity index is 765. The highest BCUT2D eigenvalue weighted by atomic mass is 16.5. The molecule has 0 spiro atoms. The lowest BCUT2D eigenvalue weighted by Crippen LogP contribution is -2.44. The third-order valence-electron chi connectivity index (χ3n) is 4.41. The van der Waals surface area contributed by atoms with Crippen molar-refractivity contribution in [1.82, 2.24) is 15.5 Å². The smallest absolute Gasteiger partial charge is 0.319 e. The van der Waals surface area contributed by atoms with Crippen molar-refractivity contribution in [2.45, 2.75) is 31.6 Å². The summed E-state index contributed by atoms with van der Waals surface area (Å²) in [5, 5.41) is 29.3. The van der Waals surface area contributed by atoms with Crippen LogP contribution in [0.1, 0.15) is 12.3 Å². The third-order valence-corrected chi connectivity index (χ3v) is 4.41. The first-order valence-electron chi connectivity index (χ1n) is 8.31. The molecule has 1 heterocycles. The highest BCUT2D eigenvalue weighted by Crippen LogP contribution is 2.27. The molecule has 140 valence electrons. The summed E-state index contributed by atoms with van der Waals surface area (Å²) in [6.07, 6.45) is -1.52. The van der Waals surface area contributed by atoms with Gasteiger partial charge in [-0.2, -0.15) is 4.98 Å². The zero-order valence-corrected chi connectivity index (χ0v) is 14.5. The Morgan fingerprint density at radius 1 is 1.38 bits per heavy atom. The number of urea groups is 1. The number of carbonyl (C=O) groups is 1. The van der Waals surface area contributed by atoms with E-state index in [4.69, 9.17) is 9.26 Å². The van der Waals surface area contributed by atoms with E-state index >= 15 is 0 Å². The van der Waals surface area contributed by atoms with Crippen molar-refractivity contribution in [2.75, 3.05) is 19.0 Å². The molecule has 0 saturated heterocycles. The summed E-state index contributed by atoms with van der Waals surface area (Å²) in [6, 6.07) is 5.99. The van der Waals surface area contributed by atoms with Gasteiger partial charge >= 0.3 is 6.03 Å². The minimum atomic E-state index is -1.03. The molecule has 0 bridgehead atoms. The maximum absolute atomic E-state index is 12.2. The normalized spacial score (nSPS) is 25.2. The van der Waals surface area contributed by atoms with E-state index in [1.165, 1.54) is 7.11 Å². The number of rotatable bonds is 5. The summed E-state index contributed by atoms with van der Waals surface area (Å²) < 4.78 is 9.99. The highest BCUT2D eigenvalue weighted by Gasteiger charge is 2.42. The van der Waals surface area contributed by atoms with E-state index in [0.717, 1.165) is 0 Å². The van der Waals surface area contributed by atoms with Gasteiger partial charge in [0.05, 0.1) is 18.8 Å². The molecular weight excluding hydrogens is 340 g/mol. The lowest BCUT2D eigenvalue weighted by Gasteiger charge is -2.18. The first-order valence-corrected chi connectivity index (χ1v) is 8.31. The number of carbonyl (C=O) groups excluding carboxylic acids is 1. The molecule has 1 aliphatic carbocycles. The van der Waals surface area contributed by atoms with Gasteiger partial charge in [0.2, 0.25) is 11.7 Å². The van der Waals surface area contributed by atoms with Crippen molar-refractivity contribution in [3.63, 3.8) is 0 Å². The Hall–Kier alpha value is -2.49. The average Bonchev–Trinajstić information content (AvgIpc) is 3.15. The van der Waals surface area contributed by atoms with Crippen LogP contribution in [-0.2, 0) is 4.74 Å². The van der Waals surface area contributed by atoms with E-state index in [0.29, 0.717) is 36.0 Å². The number of benzene rings is 1. The summed E-state index contributed by atoms with van der Waals surface area (Å²) >= 11 is 0. The minimum absolute atomic E-state index is 0.217. The fourth-order valence-electron chi connectivity index (χ4n) is 3.14. The van der Waals surface area contributed by atoms with Crippen LogP contribution in [0.15, 0.2) is 28.8 Å². The third kappa shape index (κ3) is 4.01. The molecular formula is C17H22N4O5. The topological polar surface area (TPSA) is 130 Å². The zero-order valence-electron chi connectivity index (χ0n) is 14.5. The maximum atomic E-state index is 12.2. The van der Waals surface area contributed by atoms with Crippen molar-refractivity contribution in [3.8, 4) is 11.4 Å². The number of ether oxygens (including phenoxy) is 1. The fourth-order valence-corrected chi connectivity index (χ4v) is 3.14. The molecule has 0 aliphatic heterocycles. The predicted octanol–water partition coefficient (Wildman–Crippen LogP) is 0.923. The minimum Gasteiger partial charge on any atom is -0.390 e. The van der Waals surface area contributed by atoms with Gasteiger partial charge in [0.15, 0.2) is 0 Å². The number of anilines is 1. The van der Waals surface area contributed by atoms with E-state index in [1.54, 1.807) is 31.2 Å². The summed E-state index contributed by atoms with van der Waals surface area (Å²) in [5.74, 6) is 0.670. The summed E-state index contributed by atoms with van der Waals surface area (Å²) in [4.78, 5) is 16.4. The van der Waals surface area contributed by atoms with Crippen LogP contribution in [0, 0.1) is 12.8 Å². The Morgan fingerprint density at radius 3 is 2.88 bits per heavy atom. The van der Waals surface area contributed by atoms with Gasteiger partial charge in [0, 0.05) is 31.2 Å². The van der Waals surface area contributed by atoms with E-state index < -0.39 is 24.3 Å². The van der Waals surface area contributed by atoms with Gasteiger partial charge in [0.25, 0.3) is 0 Å². The summed E-state index contributed by atoms with van der Waals surface area (Å²) in [6.45, 7) is 2.02. The summed E-state index contributed by atoms with van der Waals surface area (Å²) in [5.41, 5.74) is 1.25. The SMILES string of the molecule is COC[C@H]1C[C@@H](NC(=O)Nc2cccc(-c3noc(C)n3)c2)[C@H](O)[C@@H]1O. The average molecular weight is 362 g/mol. The van der Waals surface area contributed by atoms with Crippen molar-refractivity contribution < 1.29 is 24.3 Å².